The molecule has 0 amide bonds. The average molecular weight is 366 g/mol. The maximum absolute atomic E-state index is 11.0. The lowest BCUT2D eigenvalue weighted by Gasteiger charge is -2.10. The van der Waals surface area contributed by atoms with E-state index in [2.05, 4.69) is 4.98 Å². The fourth-order valence-electron chi connectivity index (χ4n) is 2.12. The van der Waals surface area contributed by atoms with E-state index in [9.17, 15) is 4.79 Å². The first kappa shape index (κ1) is 16.6. The Bertz CT molecular complexity index is 889. The lowest BCUT2D eigenvalue weighted by Crippen LogP contribution is -2.18. The number of oxazole rings is 1. The van der Waals surface area contributed by atoms with E-state index < -0.39 is 11.3 Å². The van der Waals surface area contributed by atoms with Gasteiger partial charge in [-0.25, -0.2) is 0 Å². The standard InChI is InChI=1S/C17H13Cl2NO4/c1-9-7-11(18)8-14-15(9)20-17(24-14)23-13-5-3-12(4-6-13)22-10(2)16(19)21/h3-8,10H,1-2H3. The predicted octanol–water partition coefficient (Wildman–Crippen LogP) is 5.11. The molecule has 0 aliphatic rings. The van der Waals surface area contributed by atoms with Crippen LogP contribution in [0.1, 0.15) is 12.5 Å². The Hall–Kier alpha value is -2.24. The highest BCUT2D eigenvalue weighted by Crippen LogP contribution is 2.30. The lowest BCUT2D eigenvalue weighted by atomic mass is 10.2. The molecule has 1 aromatic heterocycles. The Morgan fingerprint density at radius 1 is 1.21 bits per heavy atom. The van der Waals surface area contributed by atoms with Crippen molar-refractivity contribution in [2.75, 3.05) is 0 Å². The average Bonchev–Trinajstić information content (AvgIpc) is 2.91. The van der Waals surface area contributed by atoms with Crippen molar-refractivity contribution < 1.29 is 18.7 Å². The van der Waals surface area contributed by atoms with E-state index >= 15 is 0 Å². The van der Waals surface area contributed by atoms with Crippen LogP contribution in [0.5, 0.6) is 17.6 Å². The highest BCUT2D eigenvalue weighted by atomic mass is 35.5. The van der Waals surface area contributed by atoms with Crippen LogP contribution in [-0.2, 0) is 4.79 Å². The Kier molecular flexibility index (Phi) is 4.64. The molecule has 0 radical (unpaired) electrons. The van der Waals surface area contributed by atoms with Gasteiger partial charge in [0.25, 0.3) is 5.24 Å². The van der Waals surface area contributed by atoms with E-state index in [1.54, 1.807) is 37.3 Å². The predicted molar refractivity (Wildman–Crippen MR) is 91.2 cm³/mol. The number of halogens is 2. The second-order valence-electron chi connectivity index (χ2n) is 5.19. The van der Waals surface area contributed by atoms with Crippen molar-refractivity contribution in [3.05, 3.63) is 47.0 Å². The summed E-state index contributed by atoms with van der Waals surface area (Å²) in [5.41, 5.74) is 2.16. The molecule has 0 spiro atoms. The van der Waals surface area contributed by atoms with E-state index in [4.69, 9.17) is 37.1 Å². The molecule has 1 unspecified atom stereocenters. The van der Waals surface area contributed by atoms with E-state index in [0.717, 1.165) is 5.56 Å². The van der Waals surface area contributed by atoms with Gasteiger partial charge in [-0.05, 0) is 61.3 Å². The van der Waals surface area contributed by atoms with Crippen LogP contribution < -0.4 is 9.47 Å². The van der Waals surface area contributed by atoms with E-state index in [0.29, 0.717) is 27.6 Å². The molecule has 7 heteroatoms. The zero-order valence-corrected chi connectivity index (χ0v) is 14.4. The summed E-state index contributed by atoms with van der Waals surface area (Å²) in [6.45, 7) is 3.47. The van der Waals surface area contributed by atoms with Crippen LogP contribution in [0.2, 0.25) is 5.02 Å². The minimum atomic E-state index is -0.719. The van der Waals surface area contributed by atoms with Gasteiger partial charge in [-0.1, -0.05) is 11.6 Å². The van der Waals surface area contributed by atoms with Gasteiger partial charge in [-0.3, -0.25) is 4.79 Å². The number of hydrogen-bond acceptors (Lipinski definition) is 5. The van der Waals surface area contributed by atoms with Crippen molar-refractivity contribution in [3.63, 3.8) is 0 Å². The Morgan fingerprint density at radius 2 is 1.88 bits per heavy atom. The summed E-state index contributed by atoms with van der Waals surface area (Å²) in [6, 6.07) is 10.2. The molecular formula is C17H13Cl2NO4. The van der Waals surface area contributed by atoms with Crippen LogP contribution in [0, 0.1) is 6.92 Å². The number of aromatic nitrogens is 1. The quantitative estimate of drug-likeness (QED) is 0.587. The van der Waals surface area contributed by atoms with Gasteiger partial charge in [0.15, 0.2) is 11.7 Å². The van der Waals surface area contributed by atoms with Crippen LogP contribution >= 0.6 is 23.2 Å². The second kappa shape index (κ2) is 6.71. The molecule has 0 aliphatic carbocycles. The molecule has 24 heavy (non-hydrogen) atoms. The molecule has 5 nitrogen and oxygen atoms in total. The smallest absolute Gasteiger partial charge is 0.400 e. The zero-order valence-electron chi connectivity index (χ0n) is 12.9. The topological polar surface area (TPSA) is 61.6 Å². The normalized spacial score (nSPS) is 12.2. The SMILES string of the molecule is Cc1cc(Cl)cc2oc(Oc3ccc(OC(C)C(=O)Cl)cc3)nc12. The van der Waals surface area contributed by atoms with Crippen LogP contribution in [0.3, 0.4) is 0 Å². The first-order valence-corrected chi connectivity index (χ1v) is 7.88. The van der Waals surface area contributed by atoms with Crippen LogP contribution in [0.25, 0.3) is 11.1 Å². The maximum Gasteiger partial charge on any atom is 0.400 e. The van der Waals surface area contributed by atoms with Gasteiger partial charge in [-0.15, -0.1) is 0 Å². The largest absolute Gasteiger partial charge is 0.482 e. The summed E-state index contributed by atoms with van der Waals surface area (Å²) in [4.78, 5) is 15.3. The molecule has 124 valence electrons. The Morgan fingerprint density at radius 3 is 2.54 bits per heavy atom. The second-order valence-corrected chi connectivity index (χ2v) is 6.00. The number of carbonyl (C=O) groups excluding carboxylic acids is 1. The molecule has 2 aromatic carbocycles. The summed E-state index contributed by atoms with van der Waals surface area (Å²) >= 11 is 11.4. The van der Waals surface area contributed by atoms with Gasteiger partial charge in [0.05, 0.1) is 0 Å². The monoisotopic (exact) mass is 365 g/mol. The summed E-state index contributed by atoms with van der Waals surface area (Å²) in [5.74, 6) is 1.02. The Balaban J connectivity index is 1.76. The summed E-state index contributed by atoms with van der Waals surface area (Å²) in [6.07, 6.45) is -0.600. The van der Waals surface area contributed by atoms with Gasteiger partial charge >= 0.3 is 6.08 Å². The molecule has 0 fully saturated rings. The van der Waals surface area contributed by atoms with Crippen molar-refractivity contribution in [1.82, 2.24) is 4.98 Å². The maximum atomic E-state index is 11.0. The first-order valence-electron chi connectivity index (χ1n) is 7.13. The highest BCUT2D eigenvalue weighted by Gasteiger charge is 2.13. The fourth-order valence-corrected chi connectivity index (χ4v) is 2.42. The summed E-state index contributed by atoms with van der Waals surface area (Å²) < 4.78 is 16.5. The molecule has 3 rings (SSSR count). The number of ether oxygens (including phenoxy) is 2. The number of rotatable bonds is 5. The number of carbonyl (C=O) groups is 1. The first-order chi connectivity index (χ1) is 11.4. The number of benzene rings is 2. The van der Waals surface area contributed by atoms with Crippen molar-refractivity contribution in [2.45, 2.75) is 20.0 Å². The van der Waals surface area contributed by atoms with Crippen molar-refractivity contribution >= 4 is 39.5 Å². The van der Waals surface area contributed by atoms with Gasteiger partial charge in [0.2, 0.25) is 0 Å². The van der Waals surface area contributed by atoms with Crippen molar-refractivity contribution in [2.24, 2.45) is 0 Å². The van der Waals surface area contributed by atoms with Gasteiger partial charge in [0.1, 0.15) is 17.0 Å². The van der Waals surface area contributed by atoms with E-state index in [1.807, 2.05) is 13.0 Å². The molecule has 0 bridgehead atoms. The molecule has 1 heterocycles. The van der Waals surface area contributed by atoms with Crippen molar-refractivity contribution in [3.8, 4) is 17.6 Å². The third-order valence-corrected chi connectivity index (χ3v) is 3.82. The zero-order chi connectivity index (χ0) is 17.3. The van der Waals surface area contributed by atoms with Crippen molar-refractivity contribution in [1.29, 1.82) is 0 Å². The minimum Gasteiger partial charge on any atom is -0.482 e. The van der Waals surface area contributed by atoms with Crippen LogP contribution in [-0.4, -0.2) is 16.3 Å². The number of aryl methyl sites for hydroxylation is 1. The van der Waals surface area contributed by atoms with Crippen LogP contribution in [0.15, 0.2) is 40.8 Å². The van der Waals surface area contributed by atoms with E-state index in [1.165, 1.54) is 0 Å². The van der Waals surface area contributed by atoms with Gasteiger partial charge in [0, 0.05) is 11.1 Å². The molecular weight excluding hydrogens is 353 g/mol. The third kappa shape index (κ3) is 3.63. The molecule has 0 aliphatic heterocycles. The van der Waals surface area contributed by atoms with E-state index in [-0.39, 0.29) is 6.08 Å². The minimum absolute atomic E-state index is 0.119. The van der Waals surface area contributed by atoms with Crippen LogP contribution in [0.4, 0.5) is 0 Å². The highest BCUT2D eigenvalue weighted by molar-refractivity contribution is 6.64. The number of hydrogen-bond donors (Lipinski definition) is 0. The Labute approximate surface area is 148 Å². The van der Waals surface area contributed by atoms with Gasteiger partial charge in [-0.2, -0.15) is 4.98 Å². The number of fused-ring (bicyclic) bond motifs is 1. The lowest BCUT2D eigenvalue weighted by molar-refractivity contribution is -0.117. The van der Waals surface area contributed by atoms with Gasteiger partial charge < -0.3 is 13.9 Å². The summed E-state index contributed by atoms with van der Waals surface area (Å²) in [5, 5.41) is 0.0167. The summed E-state index contributed by atoms with van der Waals surface area (Å²) in [7, 11) is 0. The third-order valence-electron chi connectivity index (χ3n) is 3.29. The molecule has 3 aromatic rings. The molecule has 0 saturated heterocycles. The molecule has 1 atom stereocenters. The fraction of sp³-hybridized carbons (Fsp3) is 0.176. The number of nitrogens with zero attached hydrogens (tertiary/aromatic N) is 1. The molecule has 0 N–H and O–H groups in total. The molecule has 0 saturated carbocycles.